The highest BCUT2D eigenvalue weighted by Crippen LogP contribution is 2.17. The zero-order valence-electron chi connectivity index (χ0n) is 10.2. The first kappa shape index (κ1) is 13.5. The molecule has 4 nitrogen and oxygen atoms in total. The third-order valence-corrected chi connectivity index (χ3v) is 3.20. The Balaban J connectivity index is 2.09. The van der Waals surface area contributed by atoms with Gasteiger partial charge in [-0.25, -0.2) is 0 Å². The molecule has 5 N–H and O–H groups in total. The van der Waals surface area contributed by atoms with E-state index in [4.69, 9.17) is 11.5 Å². The summed E-state index contributed by atoms with van der Waals surface area (Å²) in [4.78, 5) is 11.6. The second-order valence-corrected chi connectivity index (χ2v) is 5.05. The van der Waals surface area contributed by atoms with Crippen molar-refractivity contribution < 1.29 is 4.79 Å². The molecule has 1 rings (SSSR count). The zero-order chi connectivity index (χ0) is 12.0. The fraction of sp³-hybridized carbons (Fsp3) is 0.917. The summed E-state index contributed by atoms with van der Waals surface area (Å²) >= 11 is 0. The van der Waals surface area contributed by atoms with Crippen LogP contribution in [0.3, 0.4) is 0 Å². The Labute approximate surface area is 98.1 Å². The first-order chi connectivity index (χ1) is 7.58. The van der Waals surface area contributed by atoms with E-state index in [0.29, 0.717) is 18.5 Å². The quantitative estimate of drug-likeness (QED) is 0.652. The molecule has 0 aromatic carbocycles. The predicted molar refractivity (Wildman–Crippen MR) is 65.9 cm³/mol. The summed E-state index contributed by atoms with van der Waals surface area (Å²) in [6.07, 6.45) is 6.53. The molecular weight excluding hydrogens is 202 g/mol. The minimum absolute atomic E-state index is 0.168. The van der Waals surface area contributed by atoms with Crippen LogP contribution in [-0.2, 0) is 4.79 Å². The van der Waals surface area contributed by atoms with E-state index in [-0.39, 0.29) is 11.9 Å². The number of carbonyl (C=O) groups excluding carboxylic acids is 1. The lowest BCUT2D eigenvalue weighted by atomic mass is 9.92. The smallest absolute Gasteiger partial charge is 0.220 e. The summed E-state index contributed by atoms with van der Waals surface area (Å²) in [5.74, 6) is 0.168. The van der Waals surface area contributed by atoms with Gasteiger partial charge in [0.05, 0.1) is 0 Å². The Morgan fingerprint density at radius 2 is 2.00 bits per heavy atom. The van der Waals surface area contributed by atoms with Crippen LogP contribution in [0.4, 0.5) is 0 Å². The molecule has 0 bridgehead atoms. The van der Waals surface area contributed by atoms with Crippen LogP contribution in [0.1, 0.15) is 51.9 Å². The van der Waals surface area contributed by atoms with Gasteiger partial charge in [-0.3, -0.25) is 4.79 Å². The molecule has 0 heterocycles. The minimum Gasteiger partial charge on any atom is -0.353 e. The van der Waals surface area contributed by atoms with E-state index in [1.807, 2.05) is 6.92 Å². The maximum Gasteiger partial charge on any atom is 0.220 e. The summed E-state index contributed by atoms with van der Waals surface area (Å²) in [7, 11) is 0. The van der Waals surface area contributed by atoms with Gasteiger partial charge in [0.15, 0.2) is 0 Å². The molecule has 0 radical (unpaired) electrons. The molecule has 4 heteroatoms. The summed E-state index contributed by atoms with van der Waals surface area (Å²) in [6, 6.07) is 0.884. The lowest BCUT2D eigenvalue weighted by Gasteiger charge is -2.26. The van der Waals surface area contributed by atoms with Gasteiger partial charge in [-0.15, -0.1) is 0 Å². The van der Waals surface area contributed by atoms with Gasteiger partial charge < -0.3 is 16.8 Å². The monoisotopic (exact) mass is 227 g/mol. The summed E-state index contributed by atoms with van der Waals surface area (Å²) in [5, 5.41) is 3.08. The van der Waals surface area contributed by atoms with Crippen LogP contribution in [0.15, 0.2) is 0 Å². The van der Waals surface area contributed by atoms with Crippen molar-refractivity contribution in [2.75, 3.05) is 0 Å². The highest BCUT2D eigenvalue weighted by atomic mass is 16.1. The molecule has 0 aliphatic heterocycles. The molecule has 1 aliphatic carbocycles. The van der Waals surface area contributed by atoms with Crippen LogP contribution >= 0.6 is 0 Å². The molecule has 0 aromatic rings. The SMILES string of the molecule is CC(N)CCCC(=O)NC1CCC(N)CC1. The Kier molecular flexibility index (Phi) is 5.77. The van der Waals surface area contributed by atoms with Gasteiger partial charge in [0, 0.05) is 24.5 Å². The summed E-state index contributed by atoms with van der Waals surface area (Å²) < 4.78 is 0. The van der Waals surface area contributed by atoms with Crippen LogP contribution in [0.2, 0.25) is 0 Å². The van der Waals surface area contributed by atoms with Crippen LogP contribution in [0, 0.1) is 0 Å². The molecule has 1 amide bonds. The first-order valence-corrected chi connectivity index (χ1v) is 6.38. The van der Waals surface area contributed by atoms with Crippen molar-refractivity contribution in [2.45, 2.75) is 70.0 Å². The summed E-state index contributed by atoms with van der Waals surface area (Å²) in [6.45, 7) is 1.97. The number of hydrogen-bond acceptors (Lipinski definition) is 3. The van der Waals surface area contributed by atoms with Crippen LogP contribution in [0.25, 0.3) is 0 Å². The number of carbonyl (C=O) groups is 1. The van der Waals surface area contributed by atoms with Crippen molar-refractivity contribution in [3.05, 3.63) is 0 Å². The normalized spacial score (nSPS) is 27.4. The standard InChI is InChI=1S/C12H25N3O/c1-9(13)3-2-4-12(16)15-11-7-5-10(14)6-8-11/h9-11H,2-8,13-14H2,1H3,(H,15,16). The van der Waals surface area contributed by atoms with Crippen molar-refractivity contribution in [3.63, 3.8) is 0 Å². The van der Waals surface area contributed by atoms with E-state index in [1.165, 1.54) is 0 Å². The largest absolute Gasteiger partial charge is 0.353 e. The van der Waals surface area contributed by atoms with E-state index in [0.717, 1.165) is 38.5 Å². The number of nitrogens with one attached hydrogen (secondary N) is 1. The van der Waals surface area contributed by atoms with E-state index in [9.17, 15) is 4.79 Å². The number of hydrogen-bond donors (Lipinski definition) is 3. The Morgan fingerprint density at radius 1 is 1.38 bits per heavy atom. The average molecular weight is 227 g/mol. The average Bonchev–Trinajstić information content (AvgIpc) is 2.21. The molecular formula is C12H25N3O. The maximum absolute atomic E-state index is 11.6. The van der Waals surface area contributed by atoms with Crippen molar-refractivity contribution in [2.24, 2.45) is 11.5 Å². The Morgan fingerprint density at radius 3 is 2.56 bits per heavy atom. The van der Waals surface area contributed by atoms with Crippen LogP contribution in [-0.4, -0.2) is 24.0 Å². The second-order valence-electron chi connectivity index (χ2n) is 5.05. The van der Waals surface area contributed by atoms with Gasteiger partial charge in [-0.2, -0.15) is 0 Å². The number of nitrogens with two attached hydrogens (primary N) is 2. The Bertz CT molecular complexity index is 210. The number of amides is 1. The molecule has 0 spiro atoms. The molecule has 1 aliphatic rings. The van der Waals surface area contributed by atoms with E-state index in [1.54, 1.807) is 0 Å². The fourth-order valence-corrected chi connectivity index (χ4v) is 2.15. The van der Waals surface area contributed by atoms with Gasteiger partial charge in [0.25, 0.3) is 0 Å². The van der Waals surface area contributed by atoms with E-state index < -0.39 is 0 Å². The van der Waals surface area contributed by atoms with Gasteiger partial charge in [0.1, 0.15) is 0 Å². The second kappa shape index (κ2) is 6.86. The molecule has 0 saturated heterocycles. The highest BCUT2D eigenvalue weighted by Gasteiger charge is 2.19. The third kappa shape index (κ3) is 5.47. The highest BCUT2D eigenvalue weighted by molar-refractivity contribution is 5.76. The molecule has 1 saturated carbocycles. The molecule has 1 fully saturated rings. The molecule has 94 valence electrons. The lowest BCUT2D eigenvalue weighted by molar-refractivity contribution is -0.122. The van der Waals surface area contributed by atoms with Gasteiger partial charge in [-0.1, -0.05) is 0 Å². The van der Waals surface area contributed by atoms with E-state index >= 15 is 0 Å². The first-order valence-electron chi connectivity index (χ1n) is 6.38. The zero-order valence-corrected chi connectivity index (χ0v) is 10.2. The minimum atomic E-state index is 0.168. The predicted octanol–water partition coefficient (Wildman–Crippen LogP) is 0.890. The molecule has 0 aromatic heterocycles. The molecule has 1 unspecified atom stereocenters. The van der Waals surface area contributed by atoms with Gasteiger partial charge in [0.2, 0.25) is 5.91 Å². The fourth-order valence-electron chi connectivity index (χ4n) is 2.15. The van der Waals surface area contributed by atoms with Crippen molar-refractivity contribution >= 4 is 5.91 Å². The maximum atomic E-state index is 11.6. The van der Waals surface area contributed by atoms with Gasteiger partial charge >= 0.3 is 0 Å². The van der Waals surface area contributed by atoms with Crippen molar-refractivity contribution in [1.82, 2.24) is 5.32 Å². The van der Waals surface area contributed by atoms with Crippen molar-refractivity contribution in [1.29, 1.82) is 0 Å². The summed E-state index contributed by atoms with van der Waals surface area (Å²) in [5.41, 5.74) is 11.4. The Hall–Kier alpha value is -0.610. The molecule has 16 heavy (non-hydrogen) atoms. The third-order valence-electron chi connectivity index (χ3n) is 3.20. The topological polar surface area (TPSA) is 81.1 Å². The van der Waals surface area contributed by atoms with E-state index in [2.05, 4.69) is 5.32 Å². The lowest BCUT2D eigenvalue weighted by Crippen LogP contribution is -2.40. The van der Waals surface area contributed by atoms with Crippen molar-refractivity contribution in [3.8, 4) is 0 Å². The van der Waals surface area contributed by atoms with Crippen LogP contribution in [0.5, 0.6) is 0 Å². The number of rotatable bonds is 5. The van der Waals surface area contributed by atoms with Crippen LogP contribution < -0.4 is 16.8 Å². The molecule has 1 atom stereocenters. The van der Waals surface area contributed by atoms with Gasteiger partial charge in [-0.05, 0) is 45.4 Å².